The molecule has 152 valence electrons. The van der Waals surface area contributed by atoms with Crippen LogP contribution in [0.1, 0.15) is 37.9 Å². The van der Waals surface area contributed by atoms with E-state index in [0.29, 0.717) is 17.8 Å². The van der Waals surface area contributed by atoms with Gasteiger partial charge in [0.25, 0.3) is 11.8 Å². The number of amides is 2. The number of rotatable bonds is 6. The molecule has 0 unspecified atom stereocenters. The lowest BCUT2D eigenvalue weighted by Crippen LogP contribution is -2.23. The molecular formula is C22H20N4O3S. The second-order valence-corrected chi connectivity index (χ2v) is 7.62. The summed E-state index contributed by atoms with van der Waals surface area (Å²) in [5.74, 6) is -0.195. The van der Waals surface area contributed by atoms with E-state index in [1.54, 1.807) is 30.5 Å². The molecule has 0 saturated carbocycles. The number of carbonyl (C=O) groups excluding carboxylic acids is 2. The number of anilines is 1. The third-order valence-electron chi connectivity index (χ3n) is 4.70. The second kappa shape index (κ2) is 8.38. The second-order valence-electron chi connectivity index (χ2n) is 6.75. The SMILES string of the molecule is Cc1cc(C(=O)NCc2ccc(NC(=O)c3ccco3)cc2)c(C)n1-c1nccs1. The molecule has 2 amide bonds. The van der Waals surface area contributed by atoms with E-state index in [4.69, 9.17) is 4.42 Å². The largest absolute Gasteiger partial charge is 0.459 e. The van der Waals surface area contributed by atoms with Crippen LogP contribution in [0.25, 0.3) is 5.13 Å². The summed E-state index contributed by atoms with van der Waals surface area (Å²) in [6.07, 6.45) is 3.20. The van der Waals surface area contributed by atoms with Gasteiger partial charge in [-0.25, -0.2) is 4.98 Å². The molecule has 0 aliphatic heterocycles. The van der Waals surface area contributed by atoms with E-state index in [1.165, 1.54) is 17.6 Å². The summed E-state index contributed by atoms with van der Waals surface area (Å²) in [5.41, 5.74) is 4.02. The van der Waals surface area contributed by atoms with E-state index in [-0.39, 0.29) is 17.6 Å². The summed E-state index contributed by atoms with van der Waals surface area (Å²) in [5, 5.41) is 8.47. The highest BCUT2D eigenvalue weighted by Crippen LogP contribution is 2.22. The lowest BCUT2D eigenvalue weighted by molar-refractivity contribution is 0.0949. The monoisotopic (exact) mass is 420 g/mol. The summed E-state index contributed by atoms with van der Waals surface area (Å²) in [6, 6.07) is 12.4. The first-order valence-electron chi connectivity index (χ1n) is 9.34. The number of benzene rings is 1. The normalized spacial score (nSPS) is 10.7. The van der Waals surface area contributed by atoms with Gasteiger partial charge in [0.1, 0.15) is 0 Å². The van der Waals surface area contributed by atoms with Crippen molar-refractivity contribution in [2.24, 2.45) is 0 Å². The zero-order chi connectivity index (χ0) is 21.1. The summed E-state index contributed by atoms with van der Waals surface area (Å²) < 4.78 is 7.06. The topological polar surface area (TPSA) is 89.2 Å². The summed E-state index contributed by atoms with van der Waals surface area (Å²) in [7, 11) is 0. The zero-order valence-electron chi connectivity index (χ0n) is 16.5. The van der Waals surface area contributed by atoms with Crippen molar-refractivity contribution in [3.8, 4) is 5.13 Å². The van der Waals surface area contributed by atoms with Gasteiger partial charge in [-0.2, -0.15) is 0 Å². The van der Waals surface area contributed by atoms with E-state index in [2.05, 4.69) is 15.6 Å². The molecule has 8 heteroatoms. The average Bonchev–Trinajstić information content (AvgIpc) is 3.49. The Morgan fingerprint density at radius 1 is 1.13 bits per heavy atom. The molecule has 4 rings (SSSR count). The first-order valence-corrected chi connectivity index (χ1v) is 10.2. The standard InChI is InChI=1S/C22H20N4O3S/c1-14-12-18(15(2)26(14)22-23-9-11-30-22)20(27)24-13-16-5-7-17(8-6-16)25-21(28)19-4-3-10-29-19/h3-12H,13H2,1-2H3,(H,24,27)(H,25,28). The number of nitrogens with one attached hydrogen (secondary N) is 2. The Morgan fingerprint density at radius 3 is 2.60 bits per heavy atom. The zero-order valence-corrected chi connectivity index (χ0v) is 17.3. The van der Waals surface area contributed by atoms with Crippen LogP contribution in [0.15, 0.2) is 64.7 Å². The van der Waals surface area contributed by atoms with Crippen molar-refractivity contribution >= 4 is 28.8 Å². The molecule has 3 heterocycles. The lowest BCUT2D eigenvalue weighted by Gasteiger charge is -2.08. The van der Waals surface area contributed by atoms with Gasteiger partial charge < -0.3 is 15.1 Å². The summed E-state index contributed by atoms with van der Waals surface area (Å²) in [6.45, 7) is 4.26. The van der Waals surface area contributed by atoms with E-state index in [1.807, 2.05) is 42.0 Å². The molecule has 0 saturated heterocycles. The van der Waals surface area contributed by atoms with E-state index in [9.17, 15) is 9.59 Å². The van der Waals surface area contributed by atoms with Gasteiger partial charge in [0.15, 0.2) is 10.9 Å². The number of hydrogen-bond donors (Lipinski definition) is 2. The van der Waals surface area contributed by atoms with Crippen molar-refractivity contribution in [2.75, 3.05) is 5.32 Å². The number of aryl methyl sites for hydroxylation is 1. The van der Waals surface area contributed by atoms with Crippen LogP contribution in [0.5, 0.6) is 0 Å². The van der Waals surface area contributed by atoms with Crippen LogP contribution in [0.2, 0.25) is 0 Å². The first-order chi connectivity index (χ1) is 14.5. The van der Waals surface area contributed by atoms with Crippen molar-refractivity contribution in [2.45, 2.75) is 20.4 Å². The maximum absolute atomic E-state index is 12.7. The molecule has 3 aromatic heterocycles. The van der Waals surface area contributed by atoms with Gasteiger partial charge in [-0.3, -0.25) is 14.2 Å². The minimum Gasteiger partial charge on any atom is -0.459 e. The highest BCUT2D eigenvalue weighted by atomic mass is 32.1. The molecule has 7 nitrogen and oxygen atoms in total. The molecular weight excluding hydrogens is 400 g/mol. The minimum atomic E-state index is -0.309. The van der Waals surface area contributed by atoms with Crippen LogP contribution >= 0.6 is 11.3 Å². The third kappa shape index (κ3) is 4.04. The number of carbonyl (C=O) groups is 2. The van der Waals surface area contributed by atoms with E-state index >= 15 is 0 Å². The van der Waals surface area contributed by atoms with Gasteiger partial charge >= 0.3 is 0 Å². The summed E-state index contributed by atoms with van der Waals surface area (Å²) >= 11 is 1.53. The lowest BCUT2D eigenvalue weighted by atomic mass is 10.2. The fourth-order valence-electron chi connectivity index (χ4n) is 3.20. The fraction of sp³-hybridized carbons (Fsp3) is 0.136. The van der Waals surface area contributed by atoms with E-state index < -0.39 is 0 Å². The van der Waals surface area contributed by atoms with Gasteiger partial charge in [0.05, 0.1) is 11.8 Å². The third-order valence-corrected chi connectivity index (χ3v) is 5.45. The van der Waals surface area contributed by atoms with Crippen molar-refractivity contribution in [1.29, 1.82) is 0 Å². The Balaban J connectivity index is 1.39. The van der Waals surface area contributed by atoms with Crippen LogP contribution in [0.4, 0.5) is 5.69 Å². The molecule has 0 spiro atoms. The highest BCUT2D eigenvalue weighted by molar-refractivity contribution is 7.12. The average molecular weight is 420 g/mol. The summed E-state index contributed by atoms with van der Waals surface area (Å²) in [4.78, 5) is 29.1. The van der Waals surface area contributed by atoms with Gasteiger partial charge in [-0.05, 0) is 49.7 Å². The quantitative estimate of drug-likeness (QED) is 0.486. The van der Waals surface area contributed by atoms with Crippen molar-refractivity contribution in [3.63, 3.8) is 0 Å². The van der Waals surface area contributed by atoms with Crippen LogP contribution in [-0.4, -0.2) is 21.4 Å². The maximum atomic E-state index is 12.7. The molecule has 4 aromatic rings. The van der Waals surface area contributed by atoms with Crippen molar-refractivity contribution in [3.05, 3.63) is 88.6 Å². The molecule has 0 radical (unpaired) electrons. The van der Waals surface area contributed by atoms with Crippen LogP contribution in [-0.2, 0) is 6.54 Å². The predicted molar refractivity (Wildman–Crippen MR) is 115 cm³/mol. The van der Waals surface area contributed by atoms with Crippen LogP contribution in [0.3, 0.4) is 0 Å². The Labute approximate surface area is 177 Å². The molecule has 0 aliphatic rings. The Hall–Kier alpha value is -3.65. The Bertz CT molecular complexity index is 1160. The van der Waals surface area contributed by atoms with E-state index in [0.717, 1.165) is 22.1 Å². The first kappa shape index (κ1) is 19.7. The smallest absolute Gasteiger partial charge is 0.291 e. The van der Waals surface area contributed by atoms with Gasteiger partial charge in [0, 0.05) is 35.2 Å². The minimum absolute atomic E-state index is 0.138. The number of furan rings is 1. The number of aromatic nitrogens is 2. The molecule has 0 aliphatic carbocycles. The predicted octanol–water partition coefficient (Wildman–Crippen LogP) is 4.33. The van der Waals surface area contributed by atoms with Crippen molar-refractivity contribution in [1.82, 2.24) is 14.9 Å². The van der Waals surface area contributed by atoms with Crippen LogP contribution < -0.4 is 10.6 Å². The molecule has 0 bridgehead atoms. The number of hydrogen-bond acceptors (Lipinski definition) is 5. The number of thiazole rings is 1. The maximum Gasteiger partial charge on any atom is 0.291 e. The Kier molecular flexibility index (Phi) is 5.49. The van der Waals surface area contributed by atoms with Crippen molar-refractivity contribution < 1.29 is 14.0 Å². The molecule has 2 N–H and O–H groups in total. The molecule has 0 fully saturated rings. The molecule has 1 aromatic carbocycles. The Morgan fingerprint density at radius 2 is 1.93 bits per heavy atom. The van der Waals surface area contributed by atoms with Gasteiger partial charge in [-0.1, -0.05) is 12.1 Å². The van der Waals surface area contributed by atoms with Gasteiger partial charge in [-0.15, -0.1) is 11.3 Å². The fourth-order valence-corrected chi connectivity index (χ4v) is 3.95. The van der Waals surface area contributed by atoms with Crippen LogP contribution in [0, 0.1) is 13.8 Å². The highest BCUT2D eigenvalue weighted by Gasteiger charge is 2.17. The number of nitrogens with zero attached hydrogens (tertiary/aromatic N) is 2. The molecule has 0 atom stereocenters. The van der Waals surface area contributed by atoms with Gasteiger partial charge in [0.2, 0.25) is 0 Å². The molecule has 30 heavy (non-hydrogen) atoms.